The van der Waals surface area contributed by atoms with Crippen molar-refractivity contribution >= 4 is 23.4 Å². The maximum Gasteiger partial charge on any atom is 0.0387 e. The lowest BCUT2D eigenvalue weighted by Gasteiger charge is -1.97. The van der Waals surface area contributed by atoms with Gasteiger partial charge in [-0.25, -0.2) is 0 Å². The van der Waals surface area contributed by atoms with Gasteiger partial charge in [-0.05, 0) is 18.1 Å². The minimum absolute atomic E-state index is 0.656. The summed E-state index contributed by atoms with van der Waals surface area (Å²) in [6.07, 6.45) is 4.91. The molecule has 0 aliphatic carbocycles. The molecule has 1 aromatic carbocycles. The first-order chi connectivity index (χ1) is 5.84. The molecule has 0 spiro atoms. The first-order valence-electron chi connectivity index (χ1n) is 3.91. The van der Waals surface area contributed by atoms with E-state index in [1.807, 2.05) is 36.4 Å². The van der Waals surface area contributed by atoms with Crippen LogP contribution in [0.5, 0.6) is 0 Å². The molecule has 1 rings (SSSR count). The van der Waals surface area contributed by atoms with Gasteiger partial charge in [0.05, 0.1) is 0 Å². The molecule has 0 aromatic heterocycles. The lowest BCUT2D eigenvalue weighted by atomic mass is 10.1. The van der Waals surface area contributed by atoms with E-state index in [1.54, 1.807) is 0 Å². The van der Waals surface area contributed by atoms with E-state index < -0.39 is 0 Å². The van der Waals surface area contributed by atoms with Crippen LogP contribution in [0.3, 0.4) is 0 Å². The van der Waals surface area contributed by atoms with Gasteiger partial charge < -0.3 is 5.73 Å². The van der Waals surface area contributed by atoms with Gasteiger partial charge in [0.2, 0.25) is 0 Å². The smallest absolute Gasteiger partial charge is 0.0387 e. The zero-order valence-corrected chi connectivity index (χ0v) is 7.59. The molecule has 0 aliphatic heterocycles. The maximum absolute atomic E-state index is 5.72. The number of alkyl halides is 1. The first kappa shape index (κ1) is 9.14. The van der Waals surface area contributed by atoms with Crippen LogP contribution in [0.25, 0.3) is 6.08 Å². The van der Waals surface area contributed by atoms with Crippen molar-refractivity contribution in [3.05, 3.63) is 35.9 Å². The van der Waals surface area contributed by atoms with Crippen molar-refractivity contribution in [2.75, 3.05) is 11.6 Å². The first-order valence-corrected chi connectivity index (χ1v) is 4.45. The number of anilines is 1. The van der Waals surface area contributed by atoms with Gasteiger partial charge in [-0.2, -0.15) is 0 Å². The Kier molecular flexibility index (Phi) is 3.68. The molecule has 0 fully saturated rings. The largest absolute Gasteiger partial charge is 0.398 e. The fourth-order valence-corrected chi connectivity index (χ4v) is 1.06. The summed E-state index contributed by atoms with van der Waals surface area (Å²) in [4.78, 5) is 0. The molecule has 0 heterocycles. The van der Waals surface area contributed by atoms with Crippen molar-refractivity contribution in [1.29, 1.82) is 0 Å². The number of hydrogen-bond donors (Lipinski definition) is 1. The summed E-state index contributed by atoms with van der Waals surface area (Å²) in [5.41, 5.74) is 7.59. The summed E-state index contributed by atoms with van der Waals surface area (Å²) in [7, 11) is 0. The van der Waals surface area contributed by atoms with Gasteiger partial charge >= 0.3 is 0 Å². The van der Waals surface area contributed by atoms with Crippen LogP contribution in [-0.2, 0) is 0 Å². The van der Waals surface area contributed by atoms with Crippen LogP contribution in [-0.4, -0.2) is 5.88 Å². The predicted octanol–water partition coefficient (Wildman–Crippen LogP) is 2.91. The number of hydrogen-bond acceptors (Lipinski definition) is 1. The highest BCUT2D eigenvalue weighted by atomic mass is 35.5. The van der Waals surface area contributed by atoms with Crippen LogP contribution in [0.15, 0.2) is 30.3 Å². The van der Waals surface area contributed by atoms with Crippen LogP contribution >= 0.6 is 11.6 Å². The Bertz CT molecular complexity index is 268. The highest BCUT2D eigenvalue weighted by Gasteiger charge is 1.89. The van der Waals surface area contributed by atoms with Gasteiger partial charge in [0, 0.05) is 11.6 Å². The van der Waals surface area contributed by atoms with Crippen molar-refractivity contribution in [2.24, 2.45) is 0 Å². The number of allylic oxidation sites excluding steroid dienone is 1. The summed E-state index contributed by atoms with van der Waals surface area (Å²) < 4.78 is 0. The summed E-state index contributed by atoms with van der Waals surface area (Å²) in [6, 6.07) is 7.77. The van der Waals surface area contributed by atoms with E-state index >= 15 is 0 Å². The minimum atomic E-state index is 0.656. The van der Waals surface area contributed by atoms with E-state index in [2.05, 4.69) is 0 Å². The van der Waals surface area contributed by atoms with Gasteiger partial charge in [-0.1, -0.05) is 30.4 Å². The van der Waals surface area contributed by atoms with Crippen LogP contribution in [0, 0.1) is 0 Å². The SMILES string of the molecule is Nc1ccccc1/C=C\CCCl. The second-order valence-corrected chi connectivity index (χ2v) is 2.89. The average Bonchev–Trinajstić information content (AvgIpc) is 2.09. The second kappa shape index (κ2) is 4.83. The number of rotatable bonds is 3. The van der Waals surface area contributed by atoms with Crippen LogP contribution in [0.2, 0.25) is 0 Å². The molecule has 0 radical (unpaired) electrons. The normalized spacial score (nSPS) is 10.8. The van der Waals surface area contributed by atoms with E-state index in [0.717, 1.165) is 17.7 Å². The van der Waals surface area contributed by atoms with Crippen molar-refractivity contribution in [2.45, 2.75) is 6.42 Å². The molecule has 0 amide bonds. The minimum Gasteiger partial charge on any atom is -0.398 e. The highest BCUT2D eigenvalue weighted by molar-refractivity contribution is 6.17. The third kappa shape index (κ3) is 2.59. The molecular formula is C10H12ClN. The molecule has 1 aromatic rings. The van der Waals surface area contributed by atoms with Crippen LogP contribution in [0.4, 0.5) is 5.69 Å². The lowest BCUT2D eigenvalue weighted by Crippen LogP contribution is -1.87. The summed E-state index contributed by atoms with van der Waals surface area (Å²) in [5, 5.41) is 0. The Morgan fingerprint density at radius 3 is 2.75 bits per heavy atom. The molecule has 2 heteroatoms. The van der Waals surface area contributed by atoms with E-state index in [4.69, 9.17) is 17.3 Å². The van der Waals surface area contributed by atoms with Crippen molar-refractivity contribution in [3.63, 3.8) is 0 Å². The third-order valence-corrected chi connectivity index (χ3v) is 1.79. The van der Waals surface area contributed by atoms with Crippen LogP contribution < -0.4 is 5.73 Å². The molecular weight excluding hydrogens is 170 g/mol. The molecule has 0 saturated heterocycles. The molecule has 1 nitrogen and oxygen atoms in total. The fourth-order valence-electron chi connectivity index (χ4n) is 0.936. The van der Waals surface area contributed by atoms with E-state index in [1.165, 1.54) is 0 Å². The Morgan fingerprint density at radius 2 is 2.08 bits per heavy atom. The number of benzene rings is 1. The molecule has 0 saturated carbocycles. The van der Waals surface area contributed by atoms with Gasteiger partial charge in [0.15, 0.2) is 0 Å². The van der Waals surface area contributed by atoms with Crippen molar-refractivity contribution in [3.8, 4) is 0 Å². The van der Waals surface area contributed by atoms with E-state index in [-0.39, 0.29) is 0 Å². The summed E-state index contributed by atoms with van der Waals surface area (Å²) >= 11 is 5.53. The maximum atomic E-state index is 5.72. The lowest BCUT2D eigenvalue weighted by molar-refractivity contribution is 1.24. The van der Waals surface area contributed by atoms with Gasteiger partial charge in [0.1, 0.15) is 0 Å². The van der Waals surface area contributed by atoms with Crippen molar-refractivity contribution < 1.29 is 0 Å². The monoisotopic (exact) mass is 181 g/mol. The highest BCUT2D eigenvalue weighted by Crippen LogP contribution is 2.12. The molecule has 0 atom stereocenters. The van der Waals surface area contributed by atoms with Gasteiger partial charge in [-0.3, -0.25) is 0 Å². The quantitative estimate of drug-likeness (QED) is 0.563. The molecule has 2 N–H and O–H groups in total. The predicted molar refractivity (Wildman–Crippen MR) is 55.2 cm³/mol. The Balaban J connectivity index is 2.68. The van der Waals surface area contributed by atoms with Crippen molar-refractivity contribution in [1.82, 2.24) is 0 Å². The topological polar surface area (TPSA) is 26.0 Å². The molecule has 0 unspecified atom stereocenters. The standard InChI is InChI=1S/C10H12ClN/c11-8-4-3-6-9-5-1-2-7-10(9)12/h1-3,5-7H,4,8,12H2/b6-3-. The molecule has 0 aliphatic rings. The Morgan fingerprint density at radius 1 is 1.33 bits per heavy atom. The second-order valence-electron chi connectivity index (χ2n) is 2.51. The fraction of sp³-hybridized carbons (Fsp3) is 0.200. The number of halogens is 1. The summed E-state index contributed by atoms with van der Waals surface area (Å²) in [5.74, 6) is 0.656. The Hall–Kier alpha value is -0.950. The number of nitrogens with two attached hydrogens (primary N) is 1. The zero-order valence-electron chi connectivity index (χ0n) is 6.83. The third-order valence-electron chi connectivity index (χ3n) is 1.57. The summed E-state index contributed by atoms with van der Waals surface area (Å²) in [6.45, 7) is 0. The van der Waals surface area contributed by atoms with E-state index in [0.29, 0.717) is 5.88 Å². The van der Waals surface area contributed by atoms with Crippen LogP contribution in [0.1, 0.15) is 12.0 Å². The molecule has 0 bridgehead atoms. The molecule has 64 valence electrons. The molecule has 12 heavy (non-hydrogen) atoms. The Labute approximate surface area is 77.8 Å². The number of nitrogen functional groups attached to an aromatic ring is 1. The average molecular weight is 182 g/mol. The van der Waals surface area contributed by atoms with Gasteiger partial charge in [-0.15, -0.1) is 11.6 Å². The number of para-hydroxylation sites is 1. The van der Waals surface area contributed by atoms with Gasteiger partial charge in [0.25, 0.3) is 0 Å². The zero-order chi connectivity index (χ0) is 8.81. The van der Waals surface area contributed by atoms with E-state index in [9.17, 15) is 0 Å².